The molecule has 2 aromatic carbocycles. The third-order valence-electron chi connectivity index (χ3n) is 4.46. The maximum absolute atomic E-state index is 12.7. The van der Waals surface area contributed by atoms with Crippen LogP contribution in [-0.2, 0) is 9.30 Å². The second-order valence-electron chi connectivity index (χ2n) is 7.21. The fourth-order valence-corrected chi connectivity index (χ4v) is 4.21. The SMILES string of the molecule is COCCOc1ccc(Nc2ncc(Cl)c(Nc3ccccc3P(C)(C)=O)n2)c(OC)c1. The Morgan fingerprint density at radius 3 is 2.53 bits per heavy atom. The summed E-state index contributed by atoms with van der Waals surface area (Å²) in [5.41, 5.74) is 1.34. The summed E-state index contributed by atoms with van der Waals surface area (Å²) < 4.78 is 28.7. The van der Waals surface area contributed by atoms with Crippen molar-refractivity contribution in [3.8, 4) is 11.5 Å². The number of nitrogens with zero attached hydrogens (tertiary/aromatic N) is 2. The molecule has 0 fully saturated rings. The Morgan fingerprint density at radius 1 is 1.03 bits per heavy atom. The van der Waals surface area contributed by atoms with E-state index in [-0.39, 0.29) is 0 Å². The van der Waals surface area contributed by atoms with Crippen LogP contribution in [0.2, 0.25) is 5.02 Å². The molecule has 0 bridgehead atoms. The Kier molecular flexibility index (Phi) is 7.96. The topological polar surface area (TPSA) is 94.6 Å². The fraction of sp³-hybridized carbons (Fsp3) is 0.273. The van der Waals surface area contributed by atoms with Crippen LogP contribution in [0.15, 0.2) is 48.7 Å². The highest BCUT2D eigenvalue weighted by Crippen LogP contribution is 2.39. The van der Waals surface area contributed by atoms with Gasteiger partial charge in [0.1, 0.15) is 30.3 Å². The highest BCUT2D eigenvalue weighted by atomic mass is 35.5. The van der Waals surface area contributed by atoms with Gasteiger partial charge < -0.3 is 29.4 Å². The average molecular weight is 477 g/mol. The van der Waals surface area contributed by atoms with Crippen LogP contribution in [0.5, 0.6) is 11.5 Å². The maximum atomic E-state index is 12.7. The minimum absolute atomic E-state index is 0.317. The van der Waals surface area contributed by atoms with Crippen molar-refractivity contribution in [1.29, 1.82) is 0 Å². The van der Waals surface area contributed by atoms with Crippen LogP contribution < -0.4 is 25.4 Å². The van der Waals surface area contributed by atoms with Crippen molar-refractivity contribution in [2.45, 2.75) is 0 Å². The third kappa shape index (κ3) is 6.13. The number of hydrogen-bond acceptors (Lipinski definition) is 8. The molecule has 0 atom stereocenters. The number of rotatable bonds is 10. The molecular weight excluding hydrogens is 451 g/mol. The van der Waals surface area contributed by atoms with E-state index < -0.39 is 7.14 Å². The van der Waals surface area contributed by atoms with E-state index in [0.717, 1.165) is 5.30 Å². The molecule has 3 rings (SSSR count). The van der Waals surface area contributed by atoms with E-state index in [1.807, 2.05) is 36.4 Å². The van der Waals surface area contributed by atoms with Gasteiger partial charge in [0.2, 0.25) is 5.95 Å². The molecule has 1 heterocycles. The van der Waals surface area contributed by atoms with Crippen LogP contribution in [0, 0.1) is 0 Å². The van der Waals surface area contributed by atoms with Crippen LogP contribution in [-0.4, -0.2) is 50.7 Å². The first-order chi connectivity index (χ1) is 15.3. The Morgan fingerprint density at radius 2 is 1.81 bits per heavy atom. The molecule has 10 heteroatoms. The highest BCUT2D eigenvalue weighted by Gasteiger charge is 2.17. The zero-order chi connectivity index (χ0) is 23.1. The van der Waals surface area contributed by atoms with Crippen LogP contribution in [0.3, 0.4) is 0 Å². The zero-order valence-corrected chi connectivity index (χ0v) is 20.0. The van der Waals surface area contributed by atoms with Crippen LogP contribution >= 0.6 is 18.7 Å². The van der Waals surface area contributed by atoms with E-state index in [9.17, 15) is 4.57 Å². The Bertz CT molecular complexity index is 1120. The lowest BCUT2D eigenvalue weighted by Crippen LogP contribution is -2.11. The van der Waals surface area contributed by atoms with Gasteiger partial charge in [0, 0.05) is 18.5 Å². The lowest BCUT2D eigenvalue weighted by molar-refractivity contribution is 0.146. The van der Waals surface area contributed by atoms with Crippen molar-refractivity contribution < 1.29 is 18.8 Å². The number of ether oxygens (including phenoxy) is 3. The van der Waals surface area contributed by atoms with Gasteiger partial charge >= 0.3 is 0 Å². The van der Waals surface area contributed by atoms with E-state index in [1.54, 1.807) is 33.6 Å². The van der Waals surface area contributed by atoms with Crippen molar-refractivity contribution in [1.82, 2.24) is 9.97 Å². The first kappa shape index (κ1) is 23.9. The number of benzene rings is 2. The van der Waals surface area contributed by atoms with E-state index in [2.05, 4.69) is 20.6 Å². The summed E-state index contributed by atoms with van der Waals surface area (Å²) in [5.74, 6) is 1.93. The molecular formula is C22H26ClN4O4P. The molecule has 0 radical (unpaired) electrons. The number of hydrogen-bond donors (Lipinski definition) is 2. The number of methoxy groups -OCH3 is 2. The monoisotopic (exact) mass is 476 g/mol. The van der Waals surface area contributed by atoms with Crippen molar-refractivity contribution in [3.05, 3.63) is 53.7 Å². The lowest BCUT2D eigenvalue weighted by Gasteiger charge is -2.16. The normalized spacial score (nSPS) is 11.2. The molecule has 170 valence electrons. The van der Waals surface area contributed by atoms with Gasteiger partial charge in [-0.3, -0.25) is 0 Å². The van der Waals surface area contributed by atoms with Gasteiger partial charge in [0.25, 0.3) is 0 Å². The maximum Gasteiger partial charge on any atom is 0.229 e. The van der Waals surface area contributed by atoms with Crippen molar-refractivity contribution >= 4 is 47.2 Å². The third-order valence-corrected chi connectivity index (χ3v) is 6.28. The summed E-state index contributed by atoms with van der Waals surface area (Å²) in [7, 11) is 0.687. The number of anilines is 4. The van der Waals surface area contributed by atoms with E-state index in [1.165, 1.54) is 6.20 Å². The van der Waals surface area contributed by atoms with Crippen molar-refractivity contribution in [2.75, 3.05) is 51.4 Å². The molecule has 0 saturated heterocycles. The second kappa shape index (κ2) is 10.7. The van der Waals surface area contributed by atoms with Crippen molar-refractivity contribution in [2.24, 2.45) is 0 Å². The number of aromatic nitrogens is 2. The van der Waals surface area contributed by atoms with Crippen LogP contribution in [0.4, 0.5) is 23.1 Å². The predicted octanol–water partition coefficient (Wildman–Crippen LogP) is 4.90. The Hall–Kier alpha value is -2.80. The summed E-state index contributed by atoms with van der Waals surface area (Å²) in [6.07, 6.45) is 1.49. The van der Waals surface area contributed by atoms with Gasteiger partial charge in [-0.15, -0.1) is 0 Å². The molecule has 2 N–H and O–H groups in total. The van der Waals surface area contributed by atoms with E-state index >= 15 is 0 Å². The standard InChI is InChI=1S/C22H26ClN4O4P/c1-29-11-12-31-15-9-10-17(19(13-15)30-2)26-22-24-14-16(23)21(27-22)25-18-7-5-6-8-20(18)32(3,4)28/h5-10,13-14H,11-12H2,1-4H3,(H2,24,25,26,27). The highest BCUT2D eigenvalue weighted by molar-refractivity contribution is 7.70. The van der Waals surface area contributed by atoms with E-state index in [4.69, 9.17) is 25.8 Å². The quantitative estimate of drug-likeness (QED) is 0.315. The van der Waals surface area contributed by atoms with Gasteiger partial charge in [-0.05, 0) is 37.6 Å². The molecule has 0 unspecified atom stereocenters. The van der Waals surface area contributed by atoms with Gasteiger partial charge in [-0.25, -0.2) is 4.98 Å². The first-order valence-corrected chi connectivity index (χ1v) is 12.8. The second-order valence-corrected chi connectivity index (χ2v) is 10.8. The molecule has 0 aliphatic heterocycles. The molecule has 1 aromatic heterocycles. The summed E-state index contributed by atoms with van der Waals surface area (Å²) in [5, 5.41) is 7.37. The smallest absolute Gasteiger partial charge is 0.229 e. The number of nitrogens with one attached hydrogen (secondary N) is 2. The molecule has 3 aromatic rings. The van der Waals surface area contributed by atoms with Gasteiger partial charge in [-0.1, -0.05) is 23.7 Å². The molecule has 0 spiro atoms. The molecule has 32 heavy (non-hydrogen) atoms. The predicted molar refractivity (Wildman–Crippen MR) is 130 cm³/mol. The molecule has 0 amide bonds. The largest absolute Gasteiger partial charge is 0.494 e. The average Bonchev–Trinajstić information content (AvgIpc) is 2.76. The summed E-state index contributed by atoms with van der Waals surface area (Å²) in [6, 6.07) is 12.8. The Labute approximate surface area is 192 Å². The minimum atomic E-state index is -2.50. The van der Waals surface area contributed by atoms with Gasteiger partial charge in [0.05, 0.1) is 31.3 Å². The summed E-state index contributed by atoms with van der Waals surface area (Å²) in [4.78, 5) is 8.74. The number of halogens is 1. The summed E-state index contributed by atoms with van der Waals surface area (Å²) >= 11 is 6.32. The first-order valence-electron chi connectivity index (χ1n) is 9.82. The molecule has 0 saturated carbocycles. The minimum Gasteiger partial charge on any atom is -0.494 e. The molecule has 0 aliphatic rings. The number of para-hydroxylation sites is 1. The Balaban J connectivity index is 1.83. The van der Waals surface area contributed by atoms with Crippen molar-refractivity contribution in [3.63, 3.8) is 0 Å². The zero-order valence-electron chi connectivity index (χ0n) is 18.4. The van der Waals surface area contributed by atoms with E-state index in [0.29, 0.717) is 52.9 Å². The summed E-state index contributed by atoms with van der Waals surface area (Å²) in [6.45, 7) is 4.37. The van der Waals surface area contributed by atoms with Crippen LogP contribution in [0.25, 0.3) is 0 Å². The van der Waals surface area contributed by atoms with Gasteiger partial charge in [-0.2, -0.15) is 4.98 Å². The molecule has 8 nitrogen and oxygen atoms in total. The lowest BCUT2D eigenvalue weighted by atomic mass is 10.2. The molecule has 0 aliphatic carbocycles. The van der Waals surface area contributed by atoms with Crippen LogP contribution in [0.1, 0.15) is 0 Å². The van der Waals surface area contributed by atoms with Gasteiger partial charge in [0.15, 0.2) is 5.82 Å². The fourth-order valence-electron chi connectivity index (χ4n) is 2.92.